The number of hydrogen-bond donors (Lipinski definition) is 0. The van der Waals surface area contributed by atoms with Gasteiger partial charge in [-0.1, -0.05) is 437 Å². The van der Waals surface area contributed by atoms with E-state index in [-0.39, 0.29) is 0 Å². The van der Waals surface area contributed by atoms with Crippen LogP contribution in [0.3, 0.4) is 0 Å². The van der Waals surface area contributed by atoms with Crippen molar-refractivity contribution in [3.05, 3.63) is 467 Å². The first-order valence-electron chi connectivity index (χ1n) is 44.3. The summed E-state index contributed by atoms with van der Waals surface area (Å²) in [6.45, 7) is 0. The van der Waals surface area contributed by atoms with E-state index in [2.05, 4.69) is 334 Å². The van der Waals surface area contributed by atoms with E-state index in [4.69, 9.17) is 44.9 Å². The molecule has 6 heterocycles. The first-order chi connectivity index (χ1) is 65.9. The number of nitrogens with zero attached hydrogens (tertiary/aromatic N) is 9. The highest BCUT2D eigenvalue weighted by atomic mass is 32.1. The number of aromatic nitrogens is 9. The number of benzene rings is 19. The topological polar surface area (TPSA) is 116 Å². The summed E-state index contributed by atoms with van der Waals surface area (Å²) in [5.74, 6) is 5.91. The molecule has 9 nitrogen and oxygen atoms in total. The molecule has 25 aromatic rings. The fourth-order valence-electron chi connectivity index (χ4n) is 17.7. The molecular formula is C121H77N9S3. The van der Waals surface area contributed by atoms with Gasteiger partial charge < -0.3 is 0 Å². The van der Waals surface area contributed by atoms with E-state index in [1.807, 2.05) is 167 Å². The van der Waals surface area contributed by atoms with E-state index < -0.39 is 0 Å². The molecule has 133 heavy (non-hydrogen) atoms. The first kappa shape index (κ1) is 80.7. The molecule has 6 aromatic heterocycles. The molecule has 0 amide bonds. The van der Waals surface area contributed by atoms with Crippen molar-refractivity contribution in [2.24, 2.45) is 0 Å². The Hall–Kier alpha value is -16.9. The van der Waals surface area contributed by atoms with Crippen LogP contribution in [-0.4, -0.2) is 44.9 Å². The molecule has 0 aliphatic heterocycles. The van der Waals surface area contributed by atoms with Crippen LogP contribution in [0.1, 0.15) is 0 Å². The zero-order chi connectivity index (χ0) is 88.3. The van der Waals surface area contributed by atoms with Crippen molar-refractivity contribution in [3.63, 3.8) is 0 Å². The lowest BCUT2D eigenvalue weighted by Gasteiger charge is -2.14. The summed E-state index contributed by atoms with van der Waals surface area (Å²) in [7, 11) is 0. The zero-order valence-electron chi connectivity index (χ0n) is 71.7. The predicted octanol–water partition coefficient (Wildman–Crippen LogP) is 32.9. The summed E-state index contributed by atoms with van der Waals surface area (Å²) >= 11 is 5.55. The van der Waals surface area contributed by atoms with Crippen LogP contribution in [0, 0.1) is 0 Å². The molecule has 25 rings (SSSR count). The Balaban J connectivity index is 0.000000113. The van der Waals surface area contributed by atoms with Crippen molar-refractivity contribution in [2.45, 2.75) is 0 Å². The monoisotopic (exact) mass is 1750 g/mol. The summed E-state index contributed by atoms with van der Waals surface area (Å²) < 4.78 is 7.87. The van der Waals surface area contributed by atoms with Gasteiger partial charge in [-0.05, 0) is 108 Å². The van der Waals surface area contributed by atoms with Crippen LogP contribution in [0.4, 0.5) is 0 Å². The Morgan fingerprint density at radius 3 is 0.699 bits per heavy atom. The highest BCUT2D eigenvalue weighted by Crippen LogP contribution is 2.47. The van der Waals surface area contributed by atoms with E-state index in [0.717, 1.165) is 66.8 Å². The molecule has 19 aromatic carbocycles. The average molecular weight is 1750 g/mol. The molecule has 0 radical (unpaired) electrons. The van der Waals surface area contributed by atoms with E-state index in [1.54, 1.807) is 0 Å². The molecule has 0 fully saturated rings. The largest absolute Gasteiger partial charge is 0.208 e. The van der Waals surface area contributed by atoms with Crippen molar-refractivity contribution in [3.8, 4) is 169 Å². The molecule has 0 aliphatic rings. The molecule has 0 spiro atoms. The van der Waals surface area contributed by atoms with Gasteiger partial charge >= 0.3 is 0 Å². The van der Waals surface area contributed by atoms with Crippen LogP contribution in [0.2, 0.25) is 0 Å². The normalized spacial score (nSPS) is 11.3. The first-order valence-corrected chi connectivity index (χ1v) is 46.7. The van der Waals surface area contributed by atoms with Gasteiger partial charge in [-0.25, -0.2) is 44.9 Å². The Labute approximate surface area is 780 Å². The molecule has 0 saturated heterocycles. The van der Waals surface area contributed by atoms with Crippen molar-refractivity contribution in [1.29, 1.82) is 0 Å². The summed E-state index contributed by atoms with van der Waals surface area (Å²) in [5, 5.41) is 10.3. The molecular weight excluding hydrogens is 1680 g/mol. The van der Waals surface area contributed by atoms with Crippen LogP contribution in [0.15, 0.2) is 467 Å². The molecule has 0 aliphatic carbocycles. The lowest BCUT2D eigenvalue weighted by atomic mass is 9.90. The predicted molar refractivity (Wildman–Crippen MR) is 557 cm³/mol. The molecule has 0 saturated carbocycles. The van der Waals surface area contributed by atoms with Gasteiger partial charge in [0.15, 0.2) is 52.4 Å². The van der Waals surface area contributed by atoms with Crippen LogP contribution in [0.25, 0.3) is 241 Å². The fraction of sp³-hybridized carbons (Fsp3) is 0. The number of thiophene rings is 3. The van der Waals surface area contributed by atoms with Crippen LogP contribution >= 0.6 is 34.0 Å². The van der Waals surface area contributed by atoms with E-state index in [1.165, 1.54) is 121 Å². The Kier molecular flexibility index (Phi) is 21.8. The zero-order valence-corrected chi connectivity index (χ0v) is 74.2. The standard InChI is InChI=1S/C43H27N3S.2C39H25N3S/c1-3-12-29(13-4-1)41-44-42(30-14-5-2-6-15-30)46-43(45-41)31-24-22-28(23-25-31)32-26-27-35(34-17-8-7-16-33(32)34)36-19-11-21-39-40(36)37-18-9-10-20-38(37)47-39;1-3-10-26(11-4-1)27-18-22-30(23-19-27)38-40-37(29-12-5-2-6-13-29)41-39(42-38)31-24-20-28(21-25-31)32-15-9-16-34-33-14-7-8-17-35(33)43-36(32)34;1-3-10-26(11-4-1)27-18-22-30(23-19-27)38-40-37(29-12-5-2-6-13-29)41-39(42-38)31-24-20-28(21-25-31)32-15-9-17-35-36(32)33-14-7-8-16-34(33)43-35/h1-27H;2*1-25H. The van der Waals surface area contributed by atoms with Gasteiger partial charge in [-0.2, -0.15) is 0 Å². The number of fused-ring (bicyclic) bond motifs is 10. The second-order valence-corrected chi connectivity index (χ2v) is 35.8. The van der Waals surface area contributed by atoms with Crippen molar-refractivity contribution in [1.82, 2.24) is 44.9 Å². The molecule has 12 heteroatoms. The van der Waals surface area contributed by atoms with Gasteiger partial charge in [0.05, 0.1) is 0 Å². The molecule has 0 unspecified atom stereocenters. The van der Waals surface area contributed by atoms with E-state index in [9.17, 15) is 0 Å². The minimum absolute atomic E-state index is 0.653. The second-order valence-electron chi connectivity index (χ2n) is 32.5. The molecule has 0 atom stereocenters. The van der Waals surface area contributed by atoms with Gasteiger partial charge in [-0.15, -0.1) is 34.0 Å². The second kappa shape index (κ2) is 36.0. The van der Waals surface area contributed by atoms with Gasteiger partial charge in [0.25, 0.3) is 0 Å². The molecule has 0 bridgehead atoms. The van der Waals surface area contributed by atoms with Gasteiger partial charge in [-0.3, -0.25) is 0 Å². The Morgan fingerprint density at radius 2 is 0.331 bits per heavy atom. The summed E-state index contributed by atoms with van der Waals surface area (Å²) in [6, 6.07) is 163. The van der Waals surface area contributed by atoms with Crippen LogP contribution in [-0.2, 0) is 0 Å². The lowest BCUT2D eigenvalue weighted by Crippen LogP contribution is -2.00. The highest BCUT2D eigenvalue weighted by molar-refractivity contribution is 7.27. The van der Waals surface area contributed by atoms with Crippen molar-refractivity contribution >= 4 is 105 Å². The fourth-order valence-corrected chi connectivity index (χ4v) is 21.2. The van der Waals surface area contributed by atoms with Gasteiger partial charge in [0.1, 0.15) is 0 Å². The average Bonchev–Trinajstić information content (AvgIpc) is 1.62. The third-order valence-corrected chi connectivity index (χ3v) is 27.8. The minimum Gasteiger partial charge on any atom is -0.208 e. The van der Waals surface area contributed by atoms with Crippen LogP contribution in [0.5, 0.6) is 0 Å². The maximum Gasteiger partial charge on any atom is 0.164 e. The smallest absolute Gasteiger partial charge is 0.164 e. The third kappa shape index (κ3) is 16.4. The van der Waals surface area contributed by atoms with E-state index >= 15 is 0 Å². The number of hydrogen-bond acceptors (Lipinski definition) is 12. The third-order valence-electron chi connectivity index (χ3n) is 24.3. The summed E-state index contributed by atoms with van der Waals surface area (Å²) in [6.07, 6.45) is 0. The van der Waals surface area contributed by atoms with Gasteiger partial charge in [0, 0.05) is 111 Å². The van der Waals surface area contributed by atoms with E-state index in [0.29, 0.717) is 52.4 Å². The maximum absolute atomic E-state index is 4.97. The van der Waals surface area contributed by atoms with Crippen molar-refractivity contribution < 1.29 is 0 Å². The minimum atomic E-state index is 0.653. The highest BCUT2D eigenvalue weighted by Gasteiger charge is 2.22. The summed E-state index contributed by atoms with van der Waals surface area (Å²) in [4.78, 5) is 44.3. The molecule has 624 valence electrons. The quantitative estimate of drug-likeness (QED) is 0.0989. The molecule has 0 N–H and O–H groups in total. The SMILES string of the molecule is c1ccc(-c2ccc(-c3nc(-c4ccccc4)nc(-c4ccc(-c5cccc6c5sc5ccccc56)cc4)n3)cc2)cc1.c1ccc(-c2ccc(-c3nc(-c4ccccc4)nc(-c4ccc(-c5cccc6sc7ccccc7c56)cc4)n3)cc2)cc1.c1ccc(-c2nc(-c3ccccc3)nc(-c3ccc(-c4ccc(-c5cccc6sc7ccccc7c56)c5ccccc45)cc3)n2)cc1. The lowest BCUT2D eigenvalue weighted by molar-refractivity contribution is 1.07. The summed E-state index contributed by atoms with van der Waals surface area (Å²) in [5.41, 5.74) is 23.0. The number of rotatable bonds is 15. The Morgan fingerprint density at radius 1 is 0.113 bits per heavy atom. The van der Waals surface area contributed by atoms with Crippen LogP contribution < -0.4 is 0 Å². The maximum atomic E-state index is 4.97. The van der Waals surface area contributed by atoms with Gasteiger partial charge in [0.2, 0.25) is 0 Å². The Bertz CT molecular complexity index is 8490. The van der Waals surface area contributed by atoms with Crippen molar-refractivity contribution in [2.75, 3.05) is 0 Å².